The number of hydrogen-bond acceptors (Lipinski definition) is 4. The van der Waals surface area contributed by atoms with E-state index in [1.54, 1.807) is 25.6 Å². The van der Waals surface area contributed by atoms with E-state index in [1.165, 1.54) is 6.92 Å². The lowest BCUT2D eigenvalue weighted by atomic mass is 10.0. The van der Waals surface area contributed by atoms with Crippen molar-refractivity contribution in [2.45, 2.75) is 6.92 Å². The lowest BCUT2D eigenvalue weighted by Crippen LogP contribution is -1.85. The molecular weight excluding hydrogens is 254 g/mol. The number of aromatic nitrogens is 1. The monoisotopic (exact) mass is 267 g/mol. The number of rotatable bonds is 3. The third kappa shape index (κ3) is 1.95. The van der Waals surface area contributed by atoms with Gasteiger partial charge in [-0.3, -0.25) is 9.78 Å². The summed E-state index contributed by atoms with van der Waals surface area (Å²) >= 11 is 0. The van der Waals surface area contributed by atoms with Gasteiger partial charge in [-0.1, -0.05) is 0 Å². The van der Waals surface area contributed by atoms with Gasteiger partial charge in [-0.2, -0.15) is 0 Å². The van der Waals surface area contributed by atoms with Crippen LogP contribution in [-0.4, -0.2) is 17.9 Å². The fourth-order valence-corrected chi connectivity index (χ4v) is 2.22. The van der Waals surface area contributed by atoms with Crippen molar-refractivity contribution in [2.24, 2.45) is 0 Å². The highest BCUT2D eigenvalue weighted by atomic mass is 16.5. The highest BCUT2D eigenvalue weighted by Gasteiger charge is 2.15. The molecule has 20 heavy (non-hydrogen) atoms. The van der Waals surface area contributed by atoms with Crippen LogP contribution in [0.1, 0.15) is 17.5 Å². The van der Waals surface area contributed by atoms with Gasteiger partial charge in [0.05, 0.1) is 7.11 Å². The summed E-state index contributed by atoms with van der Waals surface area (Å²) < 4.78 is 10.9. The van der Waals surface area contributed by atoms with Crippen molar-refractivity contribution < 1.29 is 13.9 Å². The molecule has 0 bridgehead atoms. The van der Waals surface area contributed by atoms with Gasteiger partial charge in [-0.15, -0.1) is 0 Å². The van der Waals surface area contributed by atoms with E-state index in [-0.39, 0.29) is 5.78 Å². The van der Waals surface area contributed by atoms with Crippen LogP contribution >= 0.6 is 0 Å². The van der Waals surface area contributed by atoms with Crippen molar-refractivity contribution in [3.8, 4) is 16.9 Å². The maximum atomic E-state index is 11.5. The summed E-state index contributed by atoms with van der Waals surface area (Å²) in [5.74, 6) is 0.842. The maximum absolute atomic E-state index is 11.5. The Labute approximate surface area is 116 Å². The number of Topliss-reactive ketones (excluding diaryl/α,β-unsaturated/α-hetero) is 1. The molecule has 0 radical (unpaired) electrons. The zero-order valence-corrected chi connectivity index (χ0v) is 11.2. The minimum atomic E-state index is -0.107. The van der Waals surface area contributed by atoms with Gasteiger partial charge in [0.1, 0.15) is 0 Å². The number of ketones is 1. The van der Waals surface area contributed by atoms with Gasteiger partial charge < -0.3 is 9.15 Å². The molecule has 0 unspecified atom stereocenters. The van der Waals surface area contributed by atoms with Crippen molar-refractivity contribution in [3.05, 3.63) is 48.5 Å². The minimum absolute atomic E-state index is 0.107. The zero-order chi connectivity index (χ0) is 14.1. The molecule has 0 fully saturated rings. The van der Waals surface area contributed by atoms with Gasteiger partial charge in [0.15, 0.2) is 22.9 Å². The van der Waals surface area contributed by atoms with Crippen LogP contribution in [0.2, 0.25) is 0 Å². The summed E-state index contributed by atoms with van der Waals surface area (Å²) in [6, 6.07) is 9.39. The topological polar surface area (TPSA) is 52.3 Å². The summed E-state index contributed by atoms with van der Waals surface area (Å²) in [5, 5.41) is 0.862. The van der Waals surface area contributed by atoms with E-state index < -0.39 is 0 Å². The quantitative estimate of drug-likeness (QED) is 0.679. The molecule has 100 valence electrons. The molecule has 0 spiro atoms. The summed E-state index contributed by atoms with van der Waals surface area (Å²) in [6.45, 7) is 1.48. The van der Waals surface area contributed by atoms with E-state index in [1.807, 2.05) is 24.3 Å². The number of carbonyl (C=O) groups is 1. The van der Waals surface area contributed by atoms with E-state index in [4.69, 9.17) is 9.15 Å². The summed E-state index contributed by atoms with van der Waals surface area (Å²) in [5.41, 5.74) is 2.59. The number of methoxy groups -OCH3 is 1. The third-order valence-electron chi connectivity index (χ3n) is 3.21. The lowest BCUT2D eigenvalue weighted by Gasteiger charge is -2.05. The molecule has 1 aromatic carbocycles. The molecule has 0 aliphatic heterocycles. The average Bonchev–Trinajstić information content (AvgIpc) is 2.92. The zero-order valence-electron chi connectivity index (χ0n) is 11.2. The lowest BCUT2D eigenvalue weighted by molar-refractivity contribution is 0.0989. The second kappa shape index (κ2) is 4.81. The number of pyridine rings is 1. The Morgan fingerprint density at radius 1 is 1.20 bits per heavy atom. The Morgan fingerprint density at radius 2 is 1.95 bits per heavy atom. The van der Waals surface area contributed by atoms with Gasteiger partial charge >= 0.3 is 0 Å². The van der Waals surface area contributed by atoms with Crippen LogP contribution in [0.4, 0.5) is 0 Å². The molecule has 4 heteroatoms. The van der Waals surface area contributed by atoms with Gasteiger partial charge in [0.25, 0.3) is 0 Å². The molecule has 4 nitrogen and oxygen atoms in total. The van der Waals surface area contributed by atoms with E-state index in [9.17, 15) is 4.79 Å². The van der Waals surface area contributed by atoms with Crippen molar-refractivity contribution >= 4 is 16.8 Å². The van der Waals surface area contributed by atoms with Crippen LogP contribution in [-0.2, 0) is 0 Å². The van der Waals surface area contributed by atoms with E-state index in [2.05, 4.69) is 4.98 Å². The molecule has 2 heterocycles. The highest BCUT2D eigenvalue weighted by Crippen LogP contribution is 2.36. The average molecular weight is 267 g/mol. The Bertz CT molecular complexity index is 775. The number of carbonyl (C=O) groups excluding carboxylic acids is 1. The number of nitrogens with zero attached hydrogens (tertiary/aromatic N) is 1. The maximum Gasteiger partial charge on any atom is 0.194 e. The SMILES string of the molecule is COc1ccc(-c2ccncc2)c2cc(C(C)=O)oc12. The van der Waals surface area contributed by atoms with Crippen LogP contribution in [0, 0.1) is 0 Å². The first-order chi connectivity index (χ1) is 9.70. The second-order valence-electron chi connectivity index (χ2n) is 4.46. The first kappa shape index (κ1) is 12.4. The molecule has 0 saturated carbocycles. The molecule has 0 atom stereocenters. The molecule has 3 aromatic rings. The van der Waals surface area contributed by atoms with Gasteiger partial charge in [0.2, 0.25) is 0 Å². The van der Waals surface area contributed by atoms with Crippen LogP contribution in [0.5, 0.6) is 5.75 Å². The Hall–Kier alpha value is -2.62. The highest BCUT2D eigenvalue weighted by molar-refractivity contribution is 6.02. The largest absolute Gasteiger partial charge is 0.493 e. The Morgan fingerprint density at radius 3 is 2.60 bits per heavy atom. The predicted molar refractivity (Wildman–Crippen MR) is 76.0 cm³/mol. The molecule has 2 aromatic heterocycles. The van der Waals surface area contributed by atoms with Crippen LogP contribution < -0.4 is 4.74 Å². The van der Waals surface area contributed by atoms with E-state index in [0.29, 0.717) is 17.1 Å². The molecule has 0 N–H and O–H groups in total. The number of fused-ring (bicyclic) bond motifs is 1. The summed E-state index contributed by atoms with van der Waals surface area (Å²) in [7, 11) is 1.58. The molecular formula is C16H13NO3. The van der Waals surface area contributed by atoms with Crippen LogP contribution in [0.3, 0.4) is 0 Å². The van der Waals surface area contributed by atoms with Crippen molar-refractivity contribution in [2.75, 3.05) is 7.11 Å². The molecule has 0 saturated heterocycles. The summed E-state index contributed by atoms with van der Waals surface area (Å²) in [6.07, 6.45) is 3.47. The second-order valence-corrected chi connectivity index (χ2v) is 4.46. The fourth-order valence-electron chi connectivity index (χ4n) is 2.22. The normalized spacial score (nSPS) is 10.7. The Balaban J connectivity index is 2.31. The van der Waals surface area contributed by atoms with Crippen molar-refractivity contribution in [3.63, 3.8) is 0 Å². The van der Waals surface area contributed by atoms with Gasteiger partial charge in [0, 0.05) is 24.7 Å². The van der Waals surface area contributed by atoms with E-state index >= 15 is 0 Å². The fraction of sp³-hybridized carbons (Fsp3) is 0.125. The molecule has 0 aliphatic rings. The Kier molecular flexibility index (Phi) is 2.99. The van der Waals surface area contributed by atoms with E-state index in [0.717, 1.165) is 16.5 Å². The smallest absolute Gasteiger partial charge is 0.194 e. The van der Waals surface area contributed by atoms with Crippen molar-refractivity contribution in [1.82, 2.24) is 4.98 Å². The number of ether oxygens (including phenoxy) is 1. The number of benzene rings is 1. The van der Waals surface area contributed by atoms with Crippen molar-refractivity contribution in [1.29, 1.82) is 0 Å². The first-order valence-corrected chi connectivity index (χ1v) is 6.22. The molecule has 0 aliphatic carbocycles. The molecule has 3 rings (SSSR count). The predicted octanol–water partition coefficient (Wildman–Crippen LogP) is 3.71. The molecule has 0 amide bonds. The van der Waals surface area contributed by atoms with Gasteiger partial charge in [-0.05, 0) is 41.5 Å². The van der Waals surface area contributed by atoms with Crippen LogP contribution in [0.15, 0.2) is 47.1 Å². The van der Waals surface area contributed by atoms with Gasteiger partial charge in [-0.25, -0.2) is 0 Å². The standard InChI is InChI=1S/C16H13NO3/c1-10(18)15-9-13-12(11-5-7-17-8-6-11)3-4-14(19-2)16(13)20-15/h3-9H,1-2H3. The third-order valence-corrected chi connectivity index (χ3v) is 3.21. The number of furan rings is 1. The summed E-state index contributed by atoms with van der Waals surface area (Å²) in [4.78, 5) is 15.5. The van der Waals surface area contributed by atoms with Crippen LogP contribution in [0.25, 0.3) is 22.1 Å². The minimum Gasteiger partial charge on any atom is -0.493 e. The first-order valence-electron chi connectivity index (χ1n) is 6.22. The number of hydrogen-bond donors (Lipinski definition) is 0.